The molecular formula is C13H24OS. The minimum Gasteiger partial charge on any atom is -0.298 e. The predicted octanol–water partition coefficient (Wildman–Crippen LogP) is 4.06. The summed E-state index contributed by atoms with van der Waals surface area (Å²) in [6.45, 7) is 2.25. The van der Waals surface area contributed by atoms with E-state index in [0.717, 1.165) is 17.9 Å². The lowest BCUT2D eigenvalue weighted by atomic mass is 9.99. The van der Waals surface area contributed by atoms with Crippen LogP contribution in [0.5, 0.6) is 0 Å². The molecule has 1 atom stereocenters. The summed E-state index contributed by atoms with van der Waals surface area (Å²) in [6.07, 6.45) is 10.6. The molecule has 0 aromatic rings. The van der Waals surface area contributed by atoms with Gasteiger partial charge in [-0.2, -0.15) is 11.8 Å². The summed E-state index contributed by atoms with van der Waals surface area (Å²) < 4.78 is 0. The molecule has 1 fully saturated rings. The molecular weight excluding hydrogens is 204 g/mol. The van der Waals surface area contributed by atoms with E-state index in [0.29, 0.717) is 11.7 Å². The van der Waals surface area contributed by atoms with Crippen LogP contribution in [0, 0.1) is 5.92 Å². The normalized spacial score (nSPS) is 21.1. The van der Waals surface area contributed by atoms with Gasteiger partial charge in [-0.25, -0.2) is 0 Å². The fourth-order valence-corrected chi connectivity index (χ4v) is 3.30. The van der Waals surface area contributed by atoms with Gasteiger partial charge in [-0.1, -0.05) is 51.9 Å². The first-order chi connectivity index (χ1) is 7.34. The van der Waals surface area contributed by atoms with Crippen LogP contribution in [-0.2, 0) is 4.79 Å². The predicted molar refractivity (Wildman–Crippen MR) is 68.4 cm³/mol. The zero-order chi connectivity index (χ0) is 10.9. The van der Waals surface area contributed by atoms with Gasteiger partial charge in [0.2, 0.25) is 0 Å². The van der Waals surface area contributed by atoms with E-state index in [1.165, 1.54) is 44.9 Å². The largest absolute Gasteiger partial charge is 0.298 e. The minimum atomic E-state index is 0.408. The van der Waals surface area contributed by atoms with Crippen LogP contribution in [0.4, 0.5) is 0 Å². The molecule has 2 heteroatoms. The highest BCUT2D eigenvalue weighted by atomic mass is 32.2. The van der Waals surface area contributed by atoms with Crippen LogP contribution in [-0.4, -0.2) is 17.3 Å². The number of hydrogen-bond donors (Lipinski definition) is 0. The van der Waals surface area contributed by atoms with Crippen LogP contribution in [0.25, 0.3) is 0 Å². The Morgan fingerprint density at radius 3 is 2.40 bits per heavy atom. The zero-order valence-corrected chi connectivity index (χ0v) is 10.8. The second kappa shape index (κ2) is 8.20. The van der Waals surface area contributed by atoms with Crippen molar-refractivity contribution in [1.29, 1.82) is 0 Å². The van der Waals surface area contributed by atoms with Gasteiger partial charge in [-0.3, -0.25) is 4.79 Å². The van der Waals surface area contributed by atoms with Crippen molar-refractivity contribution < 1.29 is 4.79 Å². The van der Waals surface area contributed by atoms with E-state index < -0.39 is 0 Å². The molecule has 15 heavy (non-hydrogen) atoms. The van der Waals surface area contributed by atoms with Crippen molar-refractivity contribution in [3.05, 3.63) is 0 Å². The lowest BCUT2D eigenvalue weighted by Gasteiger charge is -2.06. The van der Waals surface area contributed by atoms with Gasteiger partial charge in [0.1, 0.15) is 5.78 Å². The van der Waals surface area contributed by atoms with E-state index in [1.54, 1.807) is 0 Å². The maximum Gasteiger partial charge on any atom is 0.146 e. The summed E-state index contributed by atoms with van der Waals surface area (Å²) >= 11 is 1.82. The Morgan fingerprint density at radius 2 is 1.80 bits per heavy atom. The highest BCUT2D eigenvalue weighted by Gasteiger charge is 2.23. The third-order valence-corrected chi connectivity index (χ3v) is 4.30. The van der Waals surface area contributed by atoms with Crippen molar-refractivity contribution in [3.63, 3.8) is 0 Å². The summed E-state index contributed by atoms with van der Waals surface area (Å²) in [4.78, 5) is 11.4. The second-order valence-corrected chi connectivity index (χ2v) is 5.62. The third kappa shape index (κ3) is 5.60. The van der Waals surface area contributed by atoms with Gasteiger partial charge in [0.15, 0.2) is 0 Å². The SMILES string of the molecule is CCCCCCCCCC1CSCC1=O. The van der Waals surface area contributed by atoms with E-state index >= 15 is 0 Å². The smallest absolute Gasteiger partial charge is 0.146 e. The molecule has 88 valence electrons. The summed E-state index contributed by atoms with van der Waals surface area (Å²) in [6, 6.07) is 0. The molecule has 0 bridgehead atoms. The third-order valence-electron chi connectivity index (χ3n) is 3.17. The molecule has 1 nitrogen and oxygen atoms in total. The maximum absolute atomic E-state index is 11.4. The first-order valence-electron chi connectivity index (χ1n) is 6.45. The van der Waals surface area contributed by atoms with Crippen LogP contribution < -0.4 is 0 Å². The molecule has 1 saturated heterocycles. The Morgan fingerprint density at radius 1 is 1.13 bits per heavy atom. The molecule has 0 saturated carbocycles. The Balaban J connectivity index is 1.86. The average Bonchev–Trinajstić information content (AvgIpc) is 2.63. The quantitative estimate of drug-likeness (QED) is 0.583. The minimum absolute atomic E-state index is 0.408. The Labute approximate surface area is 98.4 Å². The maximum atomic E-state index is 11.4. The molecule has 0 radical (unpaired) electrons. The molecule has 1 aliphatic rings. The van der Waals surface area contributed by atoms with Crippen molar-refractivity contribution in [2.24, 2.45) is 5.92 Å². The Hall–Kier alpha value is 0.0200. The van der Waals surface area contributed by atoms with Gasteiger partial charge < -0.3 is 0 Å². The number of rotatable bonds is 8. The number of unbranched alkanes of at least 4 members (excludes halogenated alkanes) is 6. The van der Waals surface area contributed by atoms with Crippen LogP contribution in [0.2, 0.25) is 0 Å². The molecule has 0 aliphatic carbocycles. The van der Waals surface area contributed by atoms with Crippen molar-refractivity contribution >= 4 is 17.5 Å². The topological polar surface area (TPSA) is 17.1 Å². The van der Waals surface area contributed by atoms with E-state index in [1.807, 2.05) is 11.8 Å². The van der Waals surface area contributed by atoms with Crippen molar-refractivity contribution in [1.82, 2.24) is 0 Å². The summed E-state index contributed by atoms with van der Waals surface area (Å²) in [7, 11) is 0. The van der Waals surface area contributed by atoms with E-state index in [2.05, 4.69) is 6.92 Å². The number of Topliss-reactive ketones (excluding diaryl/α,β-unsaturated/α-hetero) is 1. The zero-order valence-electron chi connectivity index (χ0n) is 9.96. The molecule has 0 amide bonds. The van der Waals surface area contributed by atoms with Crippen molar-refractivity contribution in [2.75, 3.05) is 11.5 Å². The van der Waals surface area contributed by atoms with Gasteiger partial charge in [-0.05, 0) is 6.42 Å². The second-order valence-electron chi connectivity index (χ2n) is 4.59. The summed E-state index contributed by atoms with van der Waals surface area (Å²) in [5.74, 6) is 2.78. The van der Waals surface area contributed by atoms with Crippen molar-refractivity contribution in [3.8, 4) is 0 Å². The van der Waals surface area contributed by atoms with Gasteiger partial charge in [0.25, 0.3) is 0 Å². The van der Waals surface area contributed by atoms with Crippen molar-refractivity contribution in [2.45, 2.75) is 58.3 Å². The van der Waals surface area contributed by atoms with Crippen LogP contribution in [0.3, 0.4) is 0 Å². The standard InChI is InChI=1S/C13H24OS/c1-2-3-4-5-6-7-8-9-12-10-15-11-13(12)14/h12H,2-11H2,1H3. The first-order valence-corrected chi connectivity index (χ1v) is 7.60. The molecule has 0 N–H and O–H groups in total. The number of carbonyl (C=O) groups is 1. The summed E-state index contributed by atoms with van der Waals surface area (Å²) in [5.41, 5.74) is 0. The molecule has 0 aromatic heterocycles. The number of hydrogen-bond acceptors (Lipinski definition) is 2. The number of thioether (sulfide) groups is 1. The number of ketones is 1. The summed E-state index contributed by atoms with van der Waals surface area (Å²) in [5, 5.41) is 0. The molecule has 1 aliphatic heterocycles. The Bertz CT molecular complexity index is 179. The fourth-order valence-electron chi connectivity index (χ4n) is 2.10. The van der Waals surface area contributed by atoms with Crippen LogP contribution in [0.15, 0.2) is 0 Å². The lowest BCUT2D eigenvalue weighted by molar-refractivity contribution is -0.119. The van der Waals surface area contributed by atoms with Gasteiger partial charge in [0.05, 0.1) is 5.75 Å². The molecule has 0 spiro atoms. The van der Waals surface area contributed by atoms with Gasteiger partial charge >= 0.3 is 0 Å². The van der Waals surface area contributed by atoms with Gasteiger partial charge in [0, 0.05) is 11.7 Å². The molecule has 1 unspecified atom stereocenters. The fraction of sp³-hybridized carbons (Fsp3) is 0.923. The van der Waals surface area contributed by atoms with Crippen LogP contribution >= 0.6 is 11.8 Å². The Kier molecular flexibility index (Phi) is 7.16. The van der Waals surface area contributed by atoms with E-state index in [9.17, 15) is 4.79 Å². The lowest BCUT2D eigenvalue weighted by Crippen LogP contribution is -2.10. The monoisotopic (exact) mass is 228 g/mol. The van der Waals surface area contributed by atoms with E-state index in [-0.39, 0.29) is 0 Å². The van der Waals surface area contributed by atoms with Gasteiger partial charge in [-0.15, -0.1) is 0 Å². The molecule has 1 heterocycles. The molecule has 1 rings (SSSR count). The van der Waals surface area contributed by atoms with Crippen LogP contribution in [0.1, 0.15) is 58.3 Å². The van der Waals surface area contributed by atoms with E-state index in [4.69, 9.17) is 0 Å². The highest BCUT2D eigenvalue weighted by Crippen LogP contribution is 2.25. The highest BCUT2D eigenvalue weighted by molar-refractivity contribution is 8.00. The number of carbonyl (C=O) groups excluding carboxylic acids is 1. The average molecular weight is 228 g/mol. The first kappa shape index (κ1) is 13.1. The molecule has 0 aromatic carbocycles.